The molecule has 4 heteroatoms. The second-order valence-corrected chi connectivity index (χ2v) is 4.54. The molecule has 0 spiro atoms. The topological polar surface area (TPSA) is 26.0 Å². The summed E-state index contributed by atoms with van der Waals surface area (Å²) in [5.41, 5.74) is 1.04. The van der Waals surface area contributed by atoms with Crippen LogP contribution in [-0.2, 0) is 0 Å². The number of nitrogens with zero attached hydrogens (tertiary/aromatic N) is 1. The van der Waals surface area contributed by atoms with Crippen LogP contribution in [0.2, 0.25) is 5.35 Å². The lowest BCUT2D eigenvalue weighted by Crippen LogP contribution is -1.90. The molecule has 12 heavy (non-hydrogen) atoms. The van der Waals surface area contributed by atoms with Crippen LogP contribution in [0.25, 0.3) is 0 Å². The molecule has 0 radical (unpaired) electrons. The smallest absolute Gasteiger partial charge is 0.292 e. The predicted molar refractivity (Wildman–Crippen MR) is 50.7 cm³/mol. The first-order valence-electron chi connectivity index (χ1n) is 4.02. The molecule has 1 aliphatic heterocycles. The van der Waals surface area contributed by atoms with Gasteiger partial charge in [-0.15, -0.1) is 0 Å². The summed E-state index contributed by atoms with van der Waals surface area (Å²) in [7, 11) is 0. The number of hydrogen-bond acceptors (Lipinski definition) is 3. The Morgan fingerprint density at radius 1 is 1.67 bits per heavy atom. The van der Waals surface area contributed by atoms with Crippen LogP contribution in [0.3, 0.4) is 0 Å². The van der Waals surface area contributed by atoms with E-state index in [2.05, 4.69) is 4.98 Å². The van der Waals surface area contributed by atoms with E-state index in [1.54, 1.807) is 0 Å². The zero-order valence-electron chi connectivity index (χ0n) is 6.84. The molecule has 0 bridgehead atoms. The normalized spacial score (nSPS) is 23.3. The van der Waals surface area contributed by atoms with E-state index in [9.17, 15) is 0 Å². The van der Waals surface area contributed by atoms with Crippen molar-refractivity contribution in [1.82, 2.24) is 4.98 Å². The molecule has 2 nitrogen and oxygen atoms in total. The van der Waals surface area contributed by atoms with Crippen LogP contribution in [0.5, 0.6) is 0 Å². The number of hydrogen-bond donors (Lipinski definition) is 0. The summed E-state index contributed by atoms with van der Waals surface area (Å²) < 4.78 is 5.17. The van der Waals surface area contributed by atoms with Crippen molar-refractivity contribution in [2.75, 3.05) is 5.75 Å². The lowest BCUT2D eigenvalue weighted by molar-refractivity contribution is 0.526. The van der Waals surface area contributed by atoms with Crippen molar-refractivity contribution in [2.45, 2.75) is 25.0 Å². The minimum Gasteiger partial charge on any atom is -0.433 e. The molecule has 0 aliphatic carbocycles. The largest absolute Gasteiger partial charge is 0.433 e. The molecule has 66 valence electrons. The van der Waals surface area contributed by atoms with Crippen molar-refractivity contribution in [3.63, 3.8) is 0 Å². The Kier molecular flexibility index (Phi) is 2.33. The molecule has 0 saturated carbocycles. The first-order valence-corrected chi connectivity index (χ1v) is 5.44. The summed E-state index contributed by atoms with van der Waals surface area (Å²) in [4.78, 5) is 4.17. The Labute approximate surface area is 80.7 Å². The van der Waals surface area contributed by atoms with Gasteiger partial charge in [-0.2, -0.15) is 11.8 Å². The zero-order valence-corrected chi connectivity index (χ0v) is 8.41. The molecular formula is C8H10ClNOS. The number of oxazole rings is 1. The monoisotopic (exact) mass is 203 g/mol. The highest BCUT2D eigenvalue weighted by molar-refractivity contribution is 7.99. The zero-order chi connectivity index (χ0) is 8.55. The Morgan fingerprint density at radius 2 is 2.50 bits per heavy atom. The molecule has 1 saturated heterocycles. The van der Waals surface area contributed by atoms with Gasteiger partial charge in [0, 0.05) is 0 Å². The van der Waals surface area contributed by atoms with Gasteiger partial charge in [-0.3, -0.25) is 0 Å². The lowest BCUT2D eigenvalue weighted by Gasteiger charge is -2.03. The van der Waals surface area contributed by atoms with E-state index in [0.29, 0.717) is 5.25 Å². The van der Waals surface area contributed by atoms with E-state index in [1.807, 2.05) is 18.7 Å². The van der Waals surface area contributed by atoms with Crippen LogP contribution in [-0.4, -0.2) is 10.7 Å². The van der Waals surface area contributed by atoms with Crippen molar-refractivity contribution in [3.05, 3.63) is 16.8 Å². The quantitative estimate of drug-likeness (QED) is 0.701. The van der Waals surface area contributed by atoms with Gasteiger partial charge in [0.1, 0.15) is 5.76 Å². The van der Waals surface area contributed by atoms with Crippen LogP contribution in [0, 0.1) is 6.92 Å². The van der Waals surface area contributed by atoms with E-state index >= 15 is 0 Å². The fraction of sp³-hybridized carbons (Fsp3) is 0.625. The van der Waals surface area contributed by atoms with E-state index in [-0.39, 0.29) is 5.35 Å². The summed E-state index contributed by atoms with van der Waals surface area (Å²) in [6, 6.07) is 0. The average Bonchev–Trinajstić information content (AvgIpc) is 2.58. The molecule has 1 aliphatic rings. The fourth-order valence-corrected chi connectivity index (χ4v) is 3.00. The minimum absolute atomic E-state index is 0.273. The van der Waals surface area contributed by atoms with E-state index in [1.165, 1.54) is 18.6 Å². The highest BCUT2D eigenvalue weighted by Gasteiger charge is 2.23. The second kappa shape index (κ2) is 3.30. The number of halogens is 1. The molecular weight excluding hydrogens is 194 g/mol. The number of aromatic nitrogens is 1. The van der Waals surface area contributed by atoms with Gasteiger partial charge in [-0.1, -0.05) is 0 Å². The van der Waals surface area contributed by atoms with Gasteiger partial charge in [0.05, 0.1) is 10.9 Å². The maximum Gasteiger partial charge on any atom is 0.292 e. The number of thioether (sulfide) groups is 1. The van der Waals surface area contributed by atoms with Crippen molar-refractivity contribution >= 4 is 23.4 Å². The molecule has 2 rings (SSSR count). The number of rotatable bonds is 1. The molecule has 1 aromatic heterocycles. The lowest BCUT2D eigenvalue weighted by atomic mass is 10.2. The Hall–Kier alpha value is -0.150. The third kappa shape index (κ3) is 1.48. The molecule has 0 aromatic carbocycles. The van der Waals surface area contributed by atoms with Crippen molar-refractivity contribution in [2.24, 2.45) is 0 Å². The molecule has 1 fully saturated rings. The van der Waals surface area contributed by atoms with Gasteiger partial charge in [-0.25, -0.2) is 4.98 Å². The summed E-state index contributed by atoms with van der Waals surface area (Å²) >= 11 is 7.60. The SMILES string of the molecule is Cc1oc(Cl)nc1C1CCCS1. The highest BCUT2D eigenvalue weighted by atomic mass is 35.5. The van der Waals surface area contributed by atoms with Crippen molar-refractivity contribution in [1.29, 1.82) is 0 Å². The van der Waals surface area contributed by atoms with Gasteiger partial charge >= 0.3 is 0 Å². The van der Waals surface area contributed by atoms with Crippen LogP contribution < -0.4 is 0 Å². The predicted octanol–water partition coefficient (Wildman–Crippen LogP) is 3.20. The molecule has 1 atom stereocenters. The summed E-state index contributed by atoms with van der Waals surface area (Å²) in [6.07, 6.45) is 2.48. The van der Waals surface area contributed by atoms with Crippen LogP contribution in [0.4, 0.5) is 0 Å². The minimum atomic E-state index is 0.273. The summed E-state index contributed by atoms with van der Waals surface area (Å²) in [5.74, 6) is 2.11. The maximum atomic E-state index is 5.66. The Balaban J connectivity index is 2.25. The van der Waals surface area contributed by atoms with Crippen molar-refractivity contribution < 1.29 is 4.42 Å². The first kappa shape index (κ1) is 8.45. The fourth-order valence-electron chi connectivity index (χ4n) is 1.47. The maximum absolute atomic E-state index is 5.66. The second-order valence-electron chi connectivity index (χ2n) is 2.91. The van der Waals surface area contributed by atoms with E-state index in [4.69, 9.17) is 16.0 Å². The van der Waals surface area contributed by atoms with Crippen LogP contribution in [0.15, 0.2) is 4.42 Å². The summed E-state index contributed by atoms with van der Waals surface area (Å²) in [6.45, 7) is 1.92. The van der Waals surface area contributed by atoms with E-state index in [0.717, 1.165) is 11.5 Å². The third-order valence-electron chi connectivity index (χ3n) is 2.04. The van der Waals surface area contributed by atoms with E-state index < -0.39 is 0 Å². The standard InChI is InChI=1S/C8H10ClNOS/c1-5-7(10-8(9)11-5)6-3-2-4-12-6/h6H,2-4H2,1H3. The van der Waals surface area contributed by atoms with Crippen LogP contribution in [0.1, 0.15) is 29.5 Å². The van der Waals surface area contributed by atoms with Gasteiger partial charge in [-0.05, 0) is 37.1 Å². The summed E-state index contributed by atoms with van der Waals surface area (Å²) in [5, 5.41) is 0.788. The third-order valence-corrected chi connectivity index (χ3v) is 3.59. The molecule has 1 aromatic rings. The Bertz CT molecular complexity index is 281. The van der Waals surface area contributed by atoms with Crippen molar-refractivity contribution in [3.8, 4) is 0 Å². The molecule has 0 amide bonds. The van der Waals surface area contributed by atoms with Gasteiger partial charge < -0.3 is 4.42 Å². The van der Waals surface area contributed by atoms with Crippen LogP contribution >= 0.6 is 23.4 Å². The Morgan fingerprint density at radius 3 is 3.00 bits per heavy atom. The van der Waals surface area contributed by atoms with Gasteiger partial charge in [0.25, 0.3) is 5.35 Å². The first-order chi connectivity index (χ1) is 5.77. The highest BCUT2D eigenvalue weighted by Crippen LogP contribution is 2.41. The molecule has 1 unspecified atom stereocenters. The number of aryl methyl sites for hydroxylation is 1. The van der Waals surface area contributed by atoms with Gasteiger partial charge in [0.15, 0.2) is 0 Å². The van der Waals surface area contributed by atoms with Gasteiger partial charge in [0.2, 0.25) is 0 Å². The average molecular weight is 204 g/mol. The molecule has 2 heterocycles. The molecule has 0 N–H and O–H groups in total.